The molecule has 6 heteroatoms. The van der Waals surface area contributed by atoms with Gasteiger partial charge in [-0.05, 0) is 24.5 Å². The maximum absolute atomic E-state index is 13.8. The third-order valence-corrected chi connectivity index (χ3v) is 5.06. The molecule has 0 saturated carbocycles. The normalized spacial score (nSPS) is 16.3. The van der Waals surface area contributed by atoms with E-state index in [0.29, 0.717) is 18.1 Å². The Morgan fingerprint density at radius 1 is 1.04 bits per heavy atom. The second-order valence-electron chi connectivity index (χ2n) is 6.63. The molecule has 3 rings (SSSR count). The van der Waals surface area contributed by atoms with Gasteiger partial charge >= 0.3 is 0 Å². The summed E-state index contributed by atoms with van der Waals surface area (Å²) in [7, 11) is 1.73. The van der Waals surface area contributed by atoms with E-state index in [0.717, 1.165) is 32.6 Å². The lowest BCUT2D eigenvalue weighted by atomic mass is 9.74. The third kappa shape index (κ3) is 5.65. The topological polar surface area (TPSA) is 45.7 Å². The summed E-state index contributed by atoms with van der Waals surface area (Å²) >= 11 is 0. The van der Waals surface area contributed by atoms with E-state index in [4.69, 9.17) is 4.74 Å². The van der Waals surface area contributed by atoms with E-state index in [1.54, 1.807) is 19.2 Å². The van der Waals surface area contributed by atoms with Gasteiger partial charge in [-0.1, -0.05) is 48.5 Å². The summed E-state index contributed by atoms with van der Waals surface area (Å²) in [4.78, 5) is 4.28. The number of hydrogen-bond acceptors (Lipinski definition) is 2. The SMILES string of the molecule is CN=C(NCc1ccccc1F)NCC1(c2ccccc2)CCOCC1.I. The van der Waals surface area contributed by atoms with Crippen LogP contribution in [0.1, 0.15) is 24.0 Å². The zero-order chi connectivity index (χ0) is 18.2. The van der Waals surface area contributed by atoms with Gasteiger partial charge in [0.05, 0.1) is 0 Å². The molecule has 0 atom stereocenters. The molecule has 1 fully saturated rings. The molecule has 1 aliphatic heterocycles. The quantitative estimate of drug-likeness (QED) is 0.386. The number of hydrogen-bond donors (Lipinski definition) is 2. The predicted octanol–water partition coefficient (Wildman–Crippen LogP) is 3.86. The standard InChI is InChI=1S/C21H26FN3O.HI/c1-23-20(24-15-17-7-5-6-10-19(17)22)25-16-21(11-13-26-14-12-21)18-8-3-2-4-9-18;/h2-10H,11-16H2,1H3,(H2,23,24,25);1H. The molecule has 1 aliphatic rings. The first-order valence-electron chi connectivity index (χ1n) is 9.05. The van der Waals surface area contributed by atoms with E-state index in [1.807, 2.05) is 12.1 Å². The Hall–Kier alpha value is -1.67. The van der Waals surface area contributed by atoms with Crippen molar-refractivity contribution in [3.63, 3.8) is 0 Å². The minimum absolute atomic E-state index is 0. The van der Waals surface area contributed by atoms with E-state index >= 15 is 0 Å². The minimum atomic E-state index is -0.208. The average Bonchev–Trinajstić information content (AvgIpc) is 2.71. The molecule has 146 valence electrons. The highest BCUT2D eigenvalue weighted by Gasteiger charge is 2.34. The Bertz CT molecular complexity index is 733. The van der Waals surface area contributed by atoms with Crippen LogP contribution in [0.5, 0.6) is 0 Å². The number of rotatable bonds is 5. The highest BCUT2D eigenvalue weighted by atomic mass is 127. The molecule has 4 nitrogen and oxygen atoms in total. The second-order valence-corrected chi connectivity index (χ2v) is 6.63. The van der Waals surface area contributed by atoms with Crippen molar-refractivity contribution in [1.82, 2.24) is 10.6 Å². The summed E-state index contributed by atoms with van der Waals surface area (Å²) in [5, 5.41) is 6.63. The van der Waals surface area contributed by atoms with Gasteiger partial charge in [-0.15, -0.1) is 24.0 Å². The molecule has 2 aromatic carbocycles. The summed E-state index contributed by atoms with van der Waals surface area (Å²) in [6.45, 7) is 2.68. The maximum Gasteiger partial charge on any atom is 0.191 e. The van der Waals surface area contributed by atoms with Crippen LogP contribution in [0, 0.1) is 5.82 Å². The summed E-state index contributed by atoms with van der Waals surface area (Å²) in [6, 6.07) is 17.3. The van der Waals surface area contributed by atoms with Gasteiger partial charge in [-0.3, -0.25) is 4.99 Å². The minimum Gasteiger partial charge on any atom is -0.381 e. The van der Waals surface area contributed by atoms with Gasteiger partial charge < -0.3 is 15.4 Å². The first-order chi connectivity index (χ1) is 12.7. The van der Waals surface area contributed by atoms with Crippen LogP contribution < -0.4 is 10.6 Å². The summed E-state index contributed by atoms with van der Waals surface area (Å²) in [6.07, 6.45) is 1.93. The van der Waals surface area contributed by atoms with Gasteiger partial charge in [0.1, 0.15) is 5.82 Å². The largest absolute Gasteiger partial charge is 0.381 e. The fraction of sp³-hybridized carbons (Fsp3) is 0.381. The molecule has 0 bridgehead atoms. The van der Waals surface area contributed by atoms with Crippen LogP contribution in [-0.2, 0) is 16.7 Å². The molecule has 1 saturated heterocycles. The Morgan fingerprint density at radius 3 is 2.37 bits per heavy atom. The molecule has 0 amide bonds. The van der Waals surface area contributed by atoms with Crippen LogP contribution in [0.15, 0.2) is 59.6 Å². The van der Waals surface area contributed by atoms with Crippen molar-refractivity contribution < 1.29 is 9.13 Å². The molecule has 2 aromatic rings. The van der Waals surface area contributed by atoms with Crippen LogP contribution in [0.3, 0.4) is 0 Å². The molecule has 27 heavy (non-hydrogen) atoms. The van der Waals surface area contributed by atoms with Crippen LogP contribution >= 0.6 is 24.0 Å². The Morgan fingerprint density at radius 2 is 1.70 bits per heavy atom. The summed E-state index contributed by atoms with van der Waals surface area (Å²) in [5.74, 6) is 0.468. The predicted molar refractivity (Wildman–Crippen MR) is 118 cm³/mol. The highest BCUT2D eigenvalue weighted by molar-refractivity contribution is 14.0. The number of ether oxygens (including phenoxy) is 1. The number of guanidine groups is 1. The average molecular weight is 483 g/mol. The molecule has 0 radical (unpaired) electrons. The van der Waals surface area contributed by atoms with Crippen LogP contribution in [0.4, 0.5) is 4.39 Å². The van der Waals surface area contributed by atoms with Gasteiger partial charge in [0.15, 0.2) is 5.96 Å². The first kappa shape index (κ1) is 21.6. The van der Waals surface area contributed by atoms with Crippen molar-refractivity contribution in [3.8, 4) is 0 Å². The third-order valence-electron chi connectivity index (χ3n) is 5.06. The summed E-state index contributed by atoms with van der Waals surface area (Å²) in [5.41, 5.74) is 1.97. The molecule has 1 heterocycles. The van der Waals surface area contributed by atoms with Crippen molar-refractivity contribution in [2.24, 2.45) is 4.99 Å². The van der Waals surface area contributed by atoms with Gasteiger partial charge in [0.2, 0.25) is 0 Å². The highest BCUT2D eigenvalue weighted by Crippen LogP contribution is 2.34. The lowest BCUT2D eigenvalue weighted by Gasteiger charge is -2.38. The maximum atomic E-state index is 13.8. The Labute approximate surface area is 177 Å². The summed E-state index contributed by atoms with van der Waals surface area (Å²) < 4.78 is 19.4. The van der Waals surface area contributed by atoms with Gasteiger partial charge in [0.25, 0.3) is 0 Å². The van der Waals surface area contributed by atoms with Crippen molar-refractivity contribution in [3.05, 3.63) is 71.5 Å². The van der Waals surface area contributed by atoms with Crippen molar-refractivity contribution >= 4 is 29.9 Å². The molecule has 0 aromatic heterocycles. The molecule has 0 spiro atoms. The lowest BCUT2D eigenvalue weighted by Crippen LogP contribution is -2.47. The van der Waals surface area contributed by atoms with Crippen molar-refractivity contribution in [2.75, 3.05) is 26.8 Å². The van der Waals surface area contributed by atoms with Crippen LogP contribution in [0.2, 0.25) is 0 Å². The number of halogens is 2. The molecule has 2 N–H and O–H groups in total. The smallest absolute Gasteiger partial charge is 0.191 e. The zero-order valence-electron chi connectivity index (χ0n) is 15.6. The van der Waals surface area contributed by atoms with Gasteiger partial charge in [0, 0.05) is 44.3 Å². The van der Waals surface area contributed by atoms with E-state index in [9.17, 15) is 4.39 Å². The van der Waals surface area contributed by atoms with E-state index in [-0.39, 0.29) is 35.2 Å². The fourth-order valence-electron chi connectivity index (χ4n) is 3.42. The van der Waals surface area contributed by atoms with E-state index in [2.05, 4.69) is 39.9 Å². The molecule has 0 aliphatic carbocycles. The Kier molecular flexibility index (Phi) is 8.50. The molecular formula is C21H27FIN3O. The number of nitrogens with zero attached hydrogens (tertiary/aromatic N) is 1. The van der Waals surface area contributed by atoms with Gasteiger partial charge in [-0.2, -0.15) is 0 Å². The van der Waals surface area contributed by atoms with Crippen molar-refractivity contribution in [1.29, 1.82) is 0 Å². The second kappa shape index (κ2) is 10.6. The molecular weight excluding hydrogens is 456 g/mol. The zero-order valence-corrected chi connectivity index (χ0v) is 17.9. The van der Waals surface area contributed by atoms with Crippen molar-refractivity contribution in [2.45, 2.75) is 24.8 Å². The van der Waals surface area contributed by atoms with Gasteiger partial charge in [-0.25, -0.2) is 4.39 Å². The Balaban J connectivity index is 0.00000261. The van der Waals surface area contributed by atoms with E-state index in [1.165, 1.54) is 11.6 Å². The number of aliphatic imine (C=N–C) groups is 1. The molecule has 0 unspecified atom stereocenters. The lowest BCUT2D eigenvalue weighted by molar-refractivity contribution is 0.0514. The number of benzene rings is 2. The number of nitrogens with one attached hydrogen (secondary N) is 2. The monoisotopic (exact) mass is 483 g/mol. The van der Waals surface area contributed by atoms with Crippen LogP contribution in [-0.4, -0.2) is 32.8 Å². The fourth-order valence-corrected chi connectivity index (χ4v) is 3.42. The van der Waals surface area contributed by atoms with Crippen LogP contribution in [0.25, 0.3) is 0 Å². The van der Waals surface area contributed by atoms with E-state index < -0.39 is 0 Å². The first-order valence-corrected chi connectivity index (χ1v) is 9.05.